The van der Waals surface area contributed by atoms with Crippen LogP contribution < -0.4 is 20.3 Å². The number of anilines is 1. The van der Waals surface area contributed by atoms with Gasteiger partial charge >= 0.3 is 0 Å². The number of fused-ring (bicyclic) bond motifs is 2. The number of nitrogens with one attached hydrogen (secondary N) is 2. The first-order chi connectivity index (χ1) is 17.0. The Morgan fingerprint density at radius 3 is 2.69 bits per heavy atom. The van der Waals surface area contributed by atoms with Gasteiger partial charge in [0, 0.05) is 50.2 Å². The van der Waals surface area contributed by atoms with Gasteiger partial charge in [-0.1, -0.05) is 6.07 Å². The maximum absolute atomic E-state index is 13.0. The van der Waals surface area contributed by atoms with Crippen LogP contribution in [0.5, 0.6) is 11.5 Å². The molecule has 1 aromatic heterocycles. The number of pyridine rings is 1. The molecule has 7 nitrogen and oxygen atoms in total. The smallest absolute Gasteiger partial charge is 0.269 e. The highest BCUT2D eigenvalue weighted by Gasteiger charge is 2.23. The lowest BCUT2D eigenvalue weighted by molar-refractivity contribution is 0.0931. The highest BCUT2D eigenvalue weighted by molar-refractivity contribution is 5.95. The first-order valence-electron chi connectivity index (χ1n) is 12.1. The fourth-order valence-corrected chi connectivity index (χ4v) is 4.98. The molecule has 1 atom stereocenters. The number of benzene rings is 2. The molecule has 0 bridgehead atoms. The van der Waals surface area contributed by atoms with E-state index in [1.807, 2.05) is 24.3 Å². The van der Waals surface area contributed by atoms with Gasteiger partial charge in [0.2, 0.25) is 0 Å². The summed E-state index contributed by atoms with van der Waals surface area (Å²) >= 11 is 0. The van der Waals surface area contributed by atoms with Crippen molar-refractivity contribution in [3.63, 3.8) is 0 Å². The highest BCUT2D eigenvalue weighted by Crippen LogP contribution is 2.30. The van der Waals surface area contributed by atoms with Gasteiger partial charge in [-0.25, -0.2) is 0 Å². The van der Waals surface area contributed by atoms with Gasteiger partial charge in [0.1, 0.15) is 17.2 Å². The number of hydrogen-bond acceptors (Lipinski definition) is 5. The van der Waals surface area contributed by atoms with Crippen LogP contribution in [0.2, 0.25) is 0 Å². The zero-order valence-corrected chi connectivity index (χ0v) is 20.1. The van der Waals surface area contributed by atoms with Gasteiger partial charge in [-0.05, 0) is 85.2 Å². The summed E-state index contributed by atoms with van der Waals surface area (Å²) in [4.78, 5) is 31.2. The first-order valence-corrected chi connectivity index (χ1v) is 12.1. The zero-order chi connectivity index (χ0) is 24.4. The average molecular weight is 471 g/mol. The fraction of sp³-hybridized carbons (Fsp3) is 0.321. The van der Waals surface area contributed by atoms with Crippen LogP contribution in [0.1, 0.15) is 50.4 Å². The molecule has 0 fully saturated rings. The van der Waals surface area contributed by atoms with E-state index in [1.54, 1.807) is 25.4 Å². The number of amides is 2. The molecule has 180 valence electrons. The Morgan fingerprint density at radius 2 is 1.83 bits per heavy atom. The lowest BCUT2D eigenvalue weighted by atomic mass is 9.88. The third kappa shape index (κ3) is 4.99. The quantitative estimate of drug-likeness (QED) is 0.591. The maximum Gasteiger partial charge on any atom is 0.269 e. The second kappa shape index (κ2) is 9.78. The van der Waals surface area contributed by atoms with Crippen LogP contribution in [-0.4, -0.2) is 43.5 Å². The minimum absolute atomic E-state index is 0.0135. The van der Waals surface area contributed by atoms with E-state index in [0.717, 1.165) is 44.2 Å². The number of hydrogen-bond donors (Lipinski definition) is 2. The molecule has 1 aliphatic heterocycles. The molecule has 2 amide bonds. The third-order valence-electron chi connectivity index (χ3n) is 6.86. The molecule has 2 heterocycles. The van der Waals surface area contributed by atoms with E-state index < -0.39 is 0 Å². The van der Waals surface area contributed by atoms with Crippen molar-refractivity contribution < 1.29 is 14.3 Å². The lowest BCUT2D eigenvalue weighted by Gasteiger charge is -2.28. The van der Waals surface area contributed by atoms with E-state index in [4.69, 9.17) is 4.74 Å². The molecule has 0 saturated carbocycles. The summed E-state index contributed by atoms with van der Waals surface area (Å²) in [5.41, 5.74) is 5.96. The number of aromatic nitrogens is 1. The fourth-order valence-electron chi connectivity index (χ4n) is 4.98. The topological polar surface area (TPSA) is 83.6 Å². The number of ether oxygens (including phenoxy) is 1. The van der Waals surface area contributed by atoms with Crippen LogP contribution in [0.3, 0.4) is 0 Å². The zero-order valence-electron chi connectivity index (χ0n) is 20.1. The Kier molecular flexibility index (Phi) is 6.40. The lowest BCUT2D eigenvalue weighted by Crippen LogP contribution is -2.39. The van der Waals surface area contributed by atoms with Crippen molar-refractivity contribution in [2.75, 3.05) is 25.5 Å². The Labute approximate surface area is 205 Å². The molecular weight excluding hydrogens is 440 g/mol. The summed E-state index contributed by atoms with van der Waals surface area (Å²) in [5.74, 6) is 0.978. The van der Waals surface area contributed by atoms with Gasteiger partial charge in [0.25, 0.3) is 11.8 Å². The summed E-state index contributed by atoms with van der Waals surface area (Å²) in [7, 11) is 3.67. The van der Waals surface area contributed by atoms with Gasteiger partial charge in [-0.15, -0.1) is 0 Å². The van der Waals surface area contributed by atoms with E-state index in [1.165, 1.54) is 22.4 Å². The Bertz CT molecular complexity index is 1270. The molecule has 35 heavy (non-hydrogen) atoms. The van der Waals surface area contributed by atoms with Crippen LogP contribution in [-0.2, 0) is 19.3 Å². The SMILES string of the molecule is CNC(=O)c1cc(Oc2ccc3c(c2)CC(NC(=O)c2ccc4c(c2)CCCN4C)CC3)ccn1. The second-order valence-corrected chi connectivity index (χ2v) is 9.27. The van der Waals surface area contributed by atoms with Crippen molar-refractivity contribution >= 4 is 17.5 Å². The van der Waals surface area contributed by atoms with Gasteiger partial charge in [-0.3, -0.25) is 14.6 Å². The Hall–Kier alpha value is -3.87. The van der Waals surface area contributed by atoms with Crippen LogP contribution in [0.15, 0.2) is 54.7 Å². The van der Waals surface area contributed by atoms with Gasteiger partial charge in [0.05, 0.1) is 0 Å². The largest absolute Gasteiger partial charge is 0.457 e. The molecule has 0 saturated heterocycles. The minimum Gasteiger partial charge on any atom is -0.457 e. The molecule has 0 radical (unpaired) electrons. The number of carbonyl (C=O) groups excluding carboxylic acids is 2. The number of nitrogens with zero attached hydrogens (tertiary/aromatic N) is 2. The minimum atomic E-state index is -0.259. The average Bonchev–Trinajstić information content (AvgIpc) is 2.88. The van der Waals surface area contributed by atoms with Crippen LogP contribution in [0.25, 0.3) is 0 Å². The van der Waals surface area contributed by atoms with Crippen LogP contribution in [0.4, 0.5) is 5.69 Å². The molecule has 2 aliphatic rings. The predicted molar refractivity (Wildman–Crippen MR) is 135 cm³/mol. The van der Waals surface area contributed by atoms with Crippen molar-refractivity contribution in [3.8, 4) is 11.5 Å². The molecule has 2 N–H and O–H groups in total. The maximum atomic E-state index is 13.0. The number of carbonyl (C=O) groups is 2. The van der Waals surface area contributed by atoms with Crippen molar-refractivity contribution in [1.82, 2.24) is 15.6 Å². The molecular formula is C28H30N4O3. The first kappa shape index (κ1) is 22.9. The van der Waals surface area contributed by atoms with E-state index >= 15 is 0 Å². The van der Waals surface area contributed by atoms with Gasteiger partial charge < -0.3 is 20.3 Å². The molecule has 2 aromatic carbocycles. The van der Waals surface area contributed by atoms with Gasteiger partial charge in [0.15, 0.2) is 0 Å². The number of aryl methyl sites for hydroxylation is 2. The Balaban J connectivity index is 1.26. The van der Waals surface area contributed by atoms with E-state index in [9.17, 15) is 9.59 Å². The normalized spacial score (nSPS) is 16.6. The molecule has 3 aromatic rings. The molecule has 5 rings (SSSR count). The second-order valence-electron chi connectivity index (χ2n) is 9.27. The Morgan fingerprint density at radius 1 is 0.971 bits per heavy atom. The summed E-state index contributed by atoms with van der Waals surface area (Å²) in [6.07, 6.45) is 6.26. The summed E-state index contributed by atoms with van der Waals surface area (Å²) < 4.78 is 6.02. The highest BCUT2D eigenvalue weighted by atomic mass is 16.5. The van der Waals surface area contributed by atoms with Gasteiger partial charge in [-0.2, -0.15) is 0 Å². The third-order valence-corrected chi connectivity index (χ3v) is 6.86. The molecule has 0 spiro atoms. The molecule has 7 heteroatoms. The van der Waals surface area contributed by atoms with Crippen molar-refractivity contribution in [2.24, 2.45) is 0 Å². The van der Waals surface area contributed by atoms with Crippen molar-refractivity contribution in [2.45, 2.75) is 38.1 Å². The summed E-state index contributed by atoms with van der Waals surface area (Å²) in [6.45, 7) is 1.06. The van der Waals surface area contributed by atoms with E-state index in [2.05, 4.69) is 39.7 Å². The van der Waals surface area contributed by atoms with Crippen LogP contribution >= 0.6 is 0 Å². The summed E-state index contributed by atoms with van der Waals surface area (Å²) in [5, 5.41) is 5.81. The predicted octanol–water partition coefficient (Wildman–Crippen LogP) is 3.90. The number of rotatable bonds is 5. The molecule has 1 unspecified atom stereocenters. The van der Waals surface area contributed by atoms with Crippen molar-refractivity contribution in [1.29, 1.82) is 0 Å². The summed E-state index contributed by atoms with van der Waals surface area (Å²) in [6, 6.07) is 15.5. The standard InChI is InChI=1S/C28H30N4O3/c1-29-28(34)25-17-24(11-12-30-25)35-23-9-6-18-5-8-22(15-21(18)16-23)31-27(33)20-7-10-26-19(14-20)4-3-13-32(26)2/h6-7,9-12,14,16-17,22H,3-5,8,13,15H2,1-2H3,(H,29,34)(H,31,33). The molecule has 1 aliphatic carbocycles. The van der Waals surface area contributed by atoms with E-state index in [-0.39, 0.29) is 17.9 Å². The van der Waals surface area contributed by atoms with Crippen molar-refractivity contribution in [3.05, 3.63) is 82.7 Å². The monoisotopic (exact) mass is 470 g/mol. The van der Waals surface area contributed by atoms with Crippen LogP contribution in [0, 0.1) is 0 Å². The van der Waals surface area contributed by atoms with E-state index in [0.29, 0.717) is 17.2 Å².